The maximum atomic E-state index is 12.3. The Labute approximate surface area is 143 Å². The Hall–Kier alpha value is -1.85. The molecule has 6 heteroatoms. The number of hydrogen-bond donors (Lipinski definition) is 2. The Bertz CT molecular complexity index is 646. The molecule has 1 aromatic heterocycles. The summed E-state index contributed by atoms with van der Waals surface area (Å²) in [5.74, 6) is -0.139. The molecule has 1 heterocycles. The molecule has 0 aliphatic heterocycles. The molecule has 126 valence electrons. The van der Waals surface area contributed by atoms with E-state index in [0.29, 0.717) is 12.1 Å². The maximum absolute atomic E-state index is 12.3. The average Bonchev–Trinajstić information content (AvgIpc) is 2.87. The average molecular weight is 337 g/mol. The van der Waals surface area contributed by atoms with Gasteiger partial charge in [0.05, 0.1) is 17.3 Å². The molecular formula is C17H25ClN4O. The molecule has 1 aromatic carbocycles. The minimum atomic E-state index is -0.219. The maximum Gasteiger partial charge on any atom is 0.254 e. The van der Waals surface area contributed by atoms with Gasteiger partial charge in [0.25, 0.3) is 5.91 Å². The molecule has 1 atom stereocenters. The first-order chi connectivity index (χ1) is 10.3. The third-order valence-corrected chi connectivity index (χ3v) is 3.60. The van der Waals surface area contributed by atoms with Crippen LogP contribution < -0.4 is 11.1 Å². The van der Waals surface area contributed by atoms with Gasteiger partial charge in [-0.3, -0.25) is 9.48 Å². The highest BCUT2D eigenvalue weighted by Crippen LogP contribution is 2.18. The zero-order valence-electron chi connectivity index (χ0n) is 14.0. The summed E-state index contributed by atoms with van der Waals surface area (Å²) in [7, 11) is 0. The molecule has 1 unspecified atom stereocenters. The van der Waals surface area contributed by atoms with E-state index in [0.717, 1.165) is 11.3 Å². The lowest BCUT2D eigenvalue weighted by Crippen LogP contribution is -2.32. The van der Waals surface area contributed by atoms with Gasteiger partial charge in [0.15, 0.2) is 0 Å². The minimum Gasteiger partial charge on any atom is -0.350 e. The number of aromatic nitrogens is 2. The summed E-state index contributed by atoms with van der Waals surface area (Å²) in [6, 6.07) is 9.52. The van der Waals surface area contributed by atoms with E-state index in [1.54, 1.807) is 6.20 Å². The number of nitrogens with zero attached hydrogens (tertiary/aromatic N) is 2. The highest BCUT2D eigenvalue weighted by molar-refractivity contribution is 5.95. The van der Waals surface area contributed by atoms with Crippen LogP contribution in [-0.2, 0) is 5.54 Å². The minimum absolute atomic E-state index is 0. The monoisotopic (exact) mass is 336 g/mol. The summed E-state index contributed by atoms with van der Waals surface area (Å²) < 4.78 is 1.86. The van der Waals surface area contributed by atoms with Crippen LogP contribution in [0, 0.1) is 6.92 Å². The van der Waals surface area contributed by atoms with Gasteiger partial charge >= 0.3 is 0 Å². The van der Waals surface area contributed by atoms with Gasteiger partial charge in [-0.2, -0.15) is 5.10 Å². The van der Waals surface area contributed by atoms with Crippen LogP contribution in [0.5, 0.6) is 0 Å². The number of nitrogens with two attached hydrogens (primary N) is 1. The molecule has 0 fully saturated rings. The second kappa shape index (κ2) is 7.62. The fourth-order valence-corrected chi connectivity index (χ4v) is 2.42. The number of carbonyl (C=O) groups is 1. The first-order valence-corrected chi connectivity index (χ1v) is 7.44. The Balaban J connectivity index is 0.00000264. The molecule has 0 saturated carbocycles. The summed E-state index contributed by atoms with van der Waals surface area (Å²) in [5, 5.41) is 7.20. The number of hydrogen-bond acceptors (Lipinski definition) is 3. The molecule has 3 N–H and O–H groups in total. The molecule has 23 heavy (non-hydrogen) atoms. The summed E-state index contributed by atoms with van der Waals surface area (Å²) in [5.41, 5.74) is 8.41. The summed E-state index contributed by atoms with van der Waals surface area (Å²) in [6.45, 7) is 8.47. The van der Waals surface area contributed by atoms with Crippen molar-refractivity contribution in [1.29, 1.82) is 0 Å². The van der Waals surface area contributed by atoms with Crippen LogP contribution in [0.15, 0.2) is 36.5 Å². The van der Waals surface area contributed by atoms with Gasteiger partial charge < -0.3 is 11.1 Å². The van der Waals surface area contributed by atoms with Gasteiger partial charge in [0, 0.05) is 18.3 Å². The van der Waals surface area contributed by atoms with Crippen molar-refractivity contribution >= 4 is 18.3 Å². The number of nitrogens with one attached hydrogen (secondary N) is 1. The zero-order valence-corrected chi connectivity index (χ0v) is 14.9. The van der Waals surface area contributed by atoms with E-state index >= 15 is 0 Å². The van der Waals surface area contributed by atoms with Crippen LogP contribution in [-0.4, -0.2) is 22.2 Å². The van der Waals surface area contributed by atoms with Gasteiger partial charge in [-0.25, -0.2) is 0 Å². The smallest absolute Gasteiger partial charge is 0.254 e. The highest BCUT2D eigenvalue weighted by atomic mass is 35.5. The van der Waals surface area contributed by atoms with Crippen LogP contribution >= 0.6 is 12.4 Å². The van der Waals surface area contributed by atoms with Crippen molar-refractivity contribution in [3.63, 3.8) is 0 Å². The molecule has 0 radical (unpaired) electrons. The lowest BCUT2D eigenvalue weighted by Gasteiger charge is -2.21. The largest absolute Gasteiger partial charge is 0.350 e. The number of amides is 1. The van der Waals surface area contributed by atoms with Crippen molar-refractivity contribution in [3.05, 3.63) is 53.3 Å². The number of benzene rings is 1. The predicted molar refractivity (Wildman–Crippen MR) is 94.9 cm³/mol. The van der Waals surface area contributed by atoms with Crippen LogP contribution in [0.3, 0.4) is 0 Å². The van der Waals surface area contributed by atoms with Gasteiger partial charge in [-0.05, 0) is 33.3 Å². The van der Waals surface area contributed by atoms with Crippen molar-refractivity contribution in [1.82, 2.24) is 15.1 Å². The van der Waals surface area contributed by atoms with Crippen molar-refractivity contribution in [2.75, 3.05) is 6.54 Å². The lowest BCUT2D eigenvalue weighted by molar-refractivity contribution is 0.0950. The van der Waals surface area contributed by atoms with Crippen molar-refractivity contribution in [2.45, 2.75) is 39.3 Å². The SMILES string of the molecule is Cc1c(C(=O)NCC(N)c2ccccc2)cnn1C(C)(C)C.Cl. The van der Waals surface area contributed by atoms with E-state index in [2.05, 4.69) is 31.2 Å². The number of carbonyl (C=O) groups excluding carboxylic acids is 1. The highest BCUT2D eigenvalue weighted by Gasteiger charge is 2.21. The summed E-state index contributed by atoms with van der Waals surface area (Å²) in [6.07, 6.45) is 1.62. The first kappa shape index (κ1) is 19.2. The van der Waals surface area contributed by atoms with E-state index in [1.165, 1.54) is 0 Å². The molecule has 0 saturated heterocycles. The summed E-state index contributed by atoms with van der Waals surface area (Å²) in [4.78, 5) is 12.3. The molecular weight excluding hydrogens is 312 g/mol. The Kier molecular flexibility index (Phi) is 6.36. The molecule has 5 nitrogen and oxygen atoms in total. The van der Waals surface area contributed by atoms with Crippen molar-refractivity contribution < 1.29 is 4.79 Å². The third-order valence-electron chi connectivity index (χ3n) is 3.60. The number of halogens is 1. The van der Waals surface area contributed by atoms with Crippen LogP contribution in [0.25, 0.3) is 0 Å². The molecule has 0 spiro atoms. The van der Waals surface area contributed by atoms with E-state index in [9.17, 15) is 4.79 Å². The molecule has 2 aromatic rings. The second-order valence-electron chi connectivity index (χ2n) is 6.45. The molecule has 1 amide bonds. The zero-order chi connectivity index (χ0) is 16.3. The van der Waals surface area contributed by atoms with Gasteiger partial charge in [0.1, 0.15) is 0 Å². The standard InChI is InChI=1S/C17H24N4O.ClH/c1-12-14(10-20-21(12)17(2,3)4)16(22)19-11-15(18)13-8-6-5-7-9-13;/h5-10,15H,11,18H2,1-4H3,(H,19,22);1H. The lowest BCUT2D eigenvalue weighted by atomic mass is 10.1. The Morgan fingerprint density at radius 2 is 1.91 bits per heavy atom. The topological polar surface area (TPSA) is 72.9 Å². The Morgan fingerprint density at radius 1 is 1.30 bits per heavy atom. The molecule has 0 bridgehead atoms. The van der Waals surface area contributed by atoms with Crippen molar-refractivity contribution in [2.24, 2.45) is 5.73 Å². The van der Waals surface area contributed by atoms with Crippen molar-refractivity contribution in [3.8, 4) is 0 Å². The first-order valence-electron chi connectivity index (χ1n) is 7.44. The van der Waals surface area contributed by atoms with E-state index in [-0.39, 0.29) is 29.9 Å². The number of rotatable bonds is 4. The van der Waals surface area contributed by atoms with E-state index in [1.807, 2.05) is 41.9 Å². The molecule has 0 aliphatic carbocycles. The fraction of sp³-hybridized carbons (Fsp3) is 0.412. The van der Waals surface area contributed by atoms with E-state index in [4.69, 9.17) is 5.73 Å². The Morgan fingerprint density at radius 3 is 2.43 bits per heavy atom. The summed E-state index contributed by atoms with van der Waals surface area (Å²) >= 11 is 0. The second-order valence-corrected chi connectivity index (χ2v) is 6.45. The molecule has 2 rings (SSSR count). The van der Waals surface area contributed by atoms with Crippen LogP contribution in [0.1, 0.15) is 48.4 Å². The fourth-order valence-electron chi connectivity index (χ4n) is 2.42. The van der Waals surface area contributed by atoms with E-state index < -0.39 is 0 Å². The quantitative estimate of drug-likeness (QED) is 0.901. The van der Waals surface area contributed by atoms with Gasteiger partial charge in [0.2, 0.25) is 0 Å². The van der Waals surface area contributed by atoms with Gasteiger partial charge in [-0.15, -0.1) is 12.4 Å². The molecule has 0 aliphatic rings. The third kappa shape index (κ3) is 4.56. The predicted octanol–water partition coefficient (Wildman–Crippen LogP) is 2.80. The van der Waals surface area contributed by atoms with Crippen LogP contribution in [0.2, 0.25) is 0 Å². The van der Waals surface area contributed by atoms with Gasteiger partial charge in [-0.1, -0.05) is 30.3 Å². The van der Waals surface area contributed by atoms with Crippen LogP contribution in [0.4, 0.5) is 0 Å². The normalized spacial score (nSPS) is 12.4.